The number of amides is 2. The van der Waals surface area contributed by atoms with Crippen LogP contribution in [0.4, 0.5) is 5.69 Å². The zero-order valence-electron chi connectivity index (χ0n) is 14.2. The lowest BCUT2D eigenvalue weighted by Gasteiger charge is -2.07. The van der Waals surface area contributed by atoms with E-state index in [0.717, 1.165) is 12.2 Å². The molecule has 0 saturated carbocycles. The molecule has 2 aromatic rings. The number of ether oxygens (including phenoxy) is 1. The molecular weight excluding hydrogens is 336 g/mol. The molecule has 25 heavy (non-hydrogen) atoms. The summed E-state index contributed by atoms with van der Waals surface area (Å²) in [5, 5.41) is 5.65. The SMILES string of the molecule is COc1ccc(NC(=O)CSCC(=O)NCCc2ccccc2)cc1. The third-order valence-corrected chi connectivity index (χ3v) is 4.35. The van der Waals surface area contributed by atoms with Gasteiger partial charge in [-0.3, -0.25) is 9.59 Å². The first-order chi connectivity index (χ1) is 12.2. The zero-order valence-corrected chi connectivity index (χ0v) is 15.0. The standard InChI is InChI=1S/C19H22N2O3S/c1-24-17-9-7-16(8-10-17)21-19(23)14-25-13-18(22)20-12-11-15-5-3-2-4-6-15/h2-10H,11-14H2,1H3,(H,20,22)(H,21,23). The summed E-state index contributed by atoms with van der Waals surface area (Å²) in [4.78, 5) is 23.6. The van der Waals surface area contributed by atoms with Gasteiger partial charge in [0, 0.05) is 12.2 Å². The van der Waals surface area contributed by atoms with Crippen LogP contribution >= 0.6 is 11.8 Å². The lowest BCUT2D eigenvalue weighted by molar-refractivity contribution is -0.118. The first-order valence-corrected chi connectivity index (χ1v) is 9.15. The normalized spacial score (nSPS) is 10.1. The van der Waals surface area contributed by atoms with Gasteiger partial charge in [0.2, 0.25) is 11.8 Å². The van der Waals surface area contributed by atoms with Crippen LogP contribution in [0.3, 0.4) is 0 Å². The fourth-order valence-electron chi connectivity index (χ4n) is 2.15. The largest absolute Gasteiger partial charge is 0.497 e. The van der Waals surface area contributed by atoms with E-state index in [1.807, 2.05) is 30.3 Å². The van der Waals surface area contributed by atoms with Crippen molar-refractivity contribution in [1.29, 1.82) is 0 Å². The number of anilines is 1. The molecule has 2 rings (SSSR count). The number of rotatable bonds is 9. The Morgan fingerprint density at radius 2 is 1.64 bits per heavy atom. The fraction of sp³-hybridized carbons (Fsp3) is 0.263. The molecule has 0 aliphatic rings. The molecule has 2 amide bonds. The second-order valence-electron chi connectivity index (χ2n) is 5.36. The van der Waals surface area contributed by atoms with E-state index in [-0.39, 0.29) is 23.3 Å². The van der Waals surface area contributed by atoms with E-state index >= 15 is 0 Å². The molecule has 0 aliphatic heterocycles. The maximum absolute atomic E-state index is 11.9. The summed E-state index contributed by atoms with van der Waals surface area (Å²) in [7, 11) is 1.59. The van der Waals surface area contributed by atoms with Crippen molar-refractivity contribution in [1.82, 2.24) is 5.32 Å². The minimum atomic E-state index is -0.132. The van der Waals surface area contributed by atoms with Gasteiger partial charge in [0.05, 0.1) is 18.6 Å². The number of methoxy groups -OCH3 is 1. The molecule has 0 atom stereocenters. The Labute approximate surface area is 152 Å². The molecule has 0 saturated heterocycles. The summed E-state index contributed by atoms with van der Waals surface area (Å²) in [6.45, 7) is 0.599. The molecule has 5 nitrogen and oxygen atoms in total. The fourth-order valence-corrected chi connectivity index (χ4v) is 2.80. The Kier molecular flexibility index (Phi) is 7.85. The highest BCUT2D eigenvalue weighted by molar-refractivity contribution is 8.00. The van der Waals surface area contributed by atoms with E-state index in [4.69, 9.17) is 4.74 Å². The molecule has 0 fully saturated rings. The summed E-state index contributed by atoms with van der Waals surface area (Å²) < 4.78 is 5.06. The number of nitrogens with one attached hydrogen (secondary N) is 2. The van der Waals surface area contributed by atoms with E-state index in [9.17, 15) is 9.59 Å². The number of thioether (sulfide) groups is 1. The van der Waals surface area contributed by atoms with Crippen molar-refractivity contribution in [3.05, 3.63) is 60.2 Å². The van der Waals surface area contributed by atoms with Gasteiger partial charge in [-0.1, -0.05) is 30.3 Å². The molecule has 2 aromatic carbocycles. The lowest BCUT2D eigenvalue weighted by atomic mass is 10.1. The molecule has 0 aromatic heterocycles. The highest BCUT2D eigenvalue weighted by atomic mass is 32.2. The van der Waals surface area contributed by atoms with Crippen LogP contribution in [0.5, 0.6) is 5.75 Å². The highest BCUT2D eigenvalue weighted by Crippen LogP contribution is 2.15. The van der Waals surface area contributed by atoms with Crippen LogP contribution < -0.4 is 15.4 Å². The third-order valence-electron chi connectivity index (χ3n) is 3.42. The van der Waals surface area contributed by atoms with Gasteiger partial charge in [-0.25, -0.2) is 0 Å². The number of hydrogen-bond acceptors (Lipinski definition) is 4. The number of benzene rings is 2. The topological polar surface area (TPSA) is 67.4 Å². The molecule has 132 valence electrons. The maximum atomic E-state index is 11.9. The summed E-state index contributed by atoms with van der Waals surface area (Å²) in [6, 6.07) is 17.1. The van der Waals surface area contributed by atoms with Gasteiger partial charge in [-0.15, -0.1) is 11.8 Å². The van der Waals surface area contributed by atoms with E-state index < -0.39 is 0 Å². The van der Waals surface area contributed by atoms with Gasteiger partial charge >= 0.3 is 0 Å². The van der Waals surface area contributed by atoms with E-state index in [0.29, 0.717) is 12.2 Å². The van der Waals surface area contributed by atoms with E-state index in [1.54, 1.807) is 31.4 Å². The van der Waals surface area contributed by atoms with Crippen molar-refractivity contribution in [2.45, 2.75) is 6.42 Å². The minimum Gasteiger partial charge on any atom is -0.497 e. The second-order valence-corrected chi connectivity index (χ2v) is 6.34. The average Bonchev–Trinajstić information content (AvgIpc) is 2.63. The minimum absolute atomic E-state index is 0.0572. The van der Waals surface area contributed by atoms with Gasteiger partial charge in [0.15, 0.2) is 0 Å². The molecule has 0 radical (unpaired) electrons. The lowest BCUT2D eigenvalue weighted by Crippen LogP contribution is -2.28. The maximum Gasteiger partial charge on any atom is 0.234 e. The van der Waals surface area contributed by atoms with E-state index in [1.165, 1.54) is 17.3 Å². The Bertz CT molecular complexity index is 675. The number of carbonyl (C=O) groups is 2. The van der Waals surface area contributed by atoms with Crippen molar-refractivity contribution in [3.63, 3.8) is 0 Å². The Balaban J connectivity index is 1.59. The molecule has 6 heteroatoms. The molecule has 0 spiro atoms. The van der Waals surface area contributed by atoms with Crippen LogP contribution in [0, 0.1) is 0 Å². The number of hydrogen-bond donors (Lipinski definition) is 2. The van der Waals surface area contributed by atoms with Gasteiger partial charge in [-0.2, -0.15) is 0 Å². The first-order valence-electron chi connectivity index (χ1n) is 7.99. The van der Waals surface area contributed by atoms with Crippen molar-refractivity contribution in [2.24, 2.45) is 0 Å². The van der Waals surface area contributed by atoms with Gasteiger partial charge in [0.1, 0.15) is 5.75 Å². The smallest absolute Gasteiger partial charge is 0.234 e. The monoisotopic (exact) mass is 358 g/mol. The van der Waals surface area contributed by atoms with Crippen molar-refractivity contribution in [3.8, 4) is 5.75 Å². The quantitative estimate of drug-likeness (QED) is 0.723. The summed E-state index contributed by atoms with van der Waals surface area (Å²) in [5.41, 5.74) is 1.90. The highest BCUT2D eigenvalue weighted by Gasteiger charge is 2.06. The predicted octanol–water partition coefficient (Wildman–Crippen LogP) is 2.73. The molecule has 0 unspecified atom stereocenters. The average molecular weight is 358 g/mol. The Morgan fingerprint density at radius 3 is 2.32 bits per heavy atom. The predicted molar refractivity (Wildman–Crippen MR) is 102 cm³/mol. The molecule has 0 bridgehead atoms. The van der Waals surface area contributed by atoms with Gasteiger partial charge < -0.3 is 15.4 Å². The molecular formula is C19H22N2O3S. The van der Waals surface area contributed by atoms with Gasteiger partial charge in [0.25, 0.3) is 0 Å². The summed E-state index contributed by atoms with van der Waals surface area (Å²) in [5.74, 6) is 1.05. The third kappa shape index (κ3) is 7.30. The van der Waals surface area contributed by atoms with Crippen molar-refractivity contribution in [2.75, 3.05) is 30.5 Å². The second kappa shape index (κ2) is 10.4. The van der Waals surface area contributed by atoms with Crippen LogP contribution in [0.2, 0.25) is 0 Å². The van der Waals surface area contributed by atoms with Crippen molar-refractivity contribution < 1.29 is 14.3 Å². The Hall–Kier alpha value is -2.47. The summed E-state index contributed by atoms with van der Waals surface area (Å²) >= 11 is 1.29. The van der Waals surface area contributed by atoms with E-state index in [2.05, 4.69) is 10.6 Å². The van der Waals surface area contributed by atoms with Crippen LogP contribution in [0.1, 0.15) is 5.56 Å². The van der Waals surface area contributed by atoms with Crippen molar-refractivity contribution >= 4 is 29.3 Å². The Morgan fingerprint density at radius 1 is 0.960 bits per heavy atom. The van der Waals surface area contributed by atoms with Crippen LogP contribution in [0.15, 0.2) is 54.6 Å². The van der Waals surface area contributed by atoms with Crippen LogP contribution in [0.25, 0.3) is 0 Å². The molecule has 2 N–H and O–H groups in total. The number of carbonyl (C=O) groups excluding carboxylic acids is 2. The van der Waals surface area contributed by atoms with Crippen LogP contribution in [-0.2, 0) is 16.0 Å². The zero-order chi connectivity index (χ0) is 17.9. The molecule has 0 aliphatic carbocycles. The molecule has 0 heterocycles. The van der Waals surface area contributed by atoms with Gasteiger partial charge in [-0.05, 0) is 36.2 Å². The van der Waals surface area contributed by atoms with Crippen LogP contribution in [-0.4, -0.2) is 37.0 Å². The summed E-state index contributed by atoms with van der Waals surface area (Å²) in [6.07, 6.45) is 0.801. The first kappa shape index (κ1) is 18.9.